The van der Waals surface area contributed by atoms with Gasteiger partial charge in [-0.15, -0.1) is 0 Å². The lowest BCUT2D eigenvalue weighted by atomic mass is 9.96. The Labute approximate surface area is 188 Å². The minimum absolute atomic E-state index is 0.296. The van der Waals surface area contributed by atoms with Crippen molar-refractivity contribution in [1.82, 2.24) is 4.98 Å². The summed E-state index contributed by atoms with van der Waals surface area (Å²) in [5.41, 5.74) is 5.60. The second kappa shape index (κ2) is 7.65. The summed E-state index contributed by atoms with van der Waals surface area (Å²) in [5, 5.41) is 0.787. The van der Waals surface area contributed by atoms with Crippen molar-refractivity contribution in [3.8, 4) is 16.9 Å². The summed E-state index contributed by atoms with van der Waals surface area (Å²) in [6.45, 7) is 0.522. The van der Waals surface area contributed by atoms with Crippen LogP contribution in [0.2, 0.25) is 5.02 Å². The summed E-state index contributed by atoms with van der Waals surface area (Å²) in [5.74, 6) is 1.66. The van der Waals surface area contributed by atoms with E-state index >= 15 is 0 Å². The first kappa shape index (κ1) is 19.3. The quantitative estimate of drug-likeness (QED) is 0.383. The Hall–Kier alpha value is -2.36. The molecular weight excluding hydrogens is 406 g/mol. The Balaban J connectivity index is 1.29. The van der Waals surface area contributed by atoms with Gasteiger partial charge in [-0.25, -0.2) is 0 Å². The van der Waals surface area contributed by atoms with Crippen LogP contribution in [-0.2, 0) is 16.9 Å². The number of benzene rings is 2. The van der Waals surface area contributed by atoms with Crippen LogP contribution in [-0.4, -0.2) is 11.1 Å². The molecule has 158 valence electrons. The highest BCUT2D eigenvalue weighted by molar-refractivity contribution is 6.31. The summed E-state index contributed by atoms with van der Waals surface area (Å²) in [6, 6.07) is 16.8. The van der Waals surface area contributed by atoms with Gasteiger partial charge in [0.15, 0.2) is 0 Å². The van der Waals surface area contributed by atoms with Crippen molar-refractivity contribution in [3.05, 3.63) is 82.6 Å². The normalized spacial score (nSPS) is 19.3. The van der Waals surface area contributed by atoms with Gasteiger partial charge in [-0.3, -0.25) is 4.98 Å². The molecule has 0 saturated heterocycles. The number of para-hydroxylation sites is 1. The second-order valence-corrected chi connectivity index (χ2v) is 9.55. The molecule has 3 aliphatic rings. The molecule has 3 fully saturated rings. The van der Waals surface area contributed by atoms with Gasteiger partial charge in [0.05, 0.1) is 18.3 Å². The molecule has 3 aliphatic carbocycles. The van der Waals surface area contributed by atoms with Crippen molar-refractivity contribution in [2.24, 2.45) is 0 Å². The van der Waals surface area contributed by atoms with E-state index in [1.807, 2.05) is 24.5 Å². The summed E-state index contributed by atoms with van der Waals surface area (Å²) < 4.78 is 12.8. The van der Waals surface area contributed by atoms with Crippen LogP contribution < -0.4 is 4.74 Å². The molecule has 0 bridgehead atoms. The molecule has 0 unspecified atom stereocenters. The Morgan fingerprint density at radius 2 is 1.81 bits per heavy atom. The third-order valence-electron chi connectivity index (χ3n) is 6.63. The molecule has 0 radical (unpaired) electrons. The third kappa shape index (κ3) is 3.97. The minimum atomic E-state index is -0.296. The molecule has 4 heteroatoms. The van der Waals surface area contributed by atoms with Crippen LogP contribution in [0, 0.1) is 0 Å². The van der Waals surface area contributed by atoms with Crippen molar-refractivity contribution in [2.45, 2.75) is 62.8 Å². The maximum atomic E-state index is 6.58. The molecule has 3 aromatic rings. The number of aromatic nitrogens is 1. The van der Waals surface area contributed by atoms with E-state index in [1.165, 1.54) is 18.4 Å². The van der Waals surface area contributed by atoms with Gasteiger partial charge in [0.25, 0.3) is 0 Å². The predicted molar refractivity (Wildman–Crippen MR) is 122 cm³/mol. The molecular formula is C27H26ClNO2. The Morgan fingerprint density at radius 3 is 2.58 bits per heavy atom. The van der Waals surface area contributed by atoms with E-state index < -0.39 is 0 Å². The molecule has 1 heterocycles. The molecule has 1 aromatic heterocycles. The van der Waals surface area contributed by atoms with E-state index in [2.05, 4.69) is 41.4 Å². The summed E-state index contributed by atoms with van der Waals surface area (Å²) in [7, 11) is 0. The summed E-state index contributed by atoms with van der Waals surface area (Å²) >= 11 is 6.51. The third-order valence-corrected chi connectivity index (χ3v) is 7.00. The molecule has 0 amide bonds. The maximum absolute atomic E-state index is 6.58. The Bertz CT molecular complexity index is 1120. The largest absolute Gasteiger partial charge is 0.490 e. The average molecular weight is 432 g/mol. The fourth-order valence-corrected chi connectivity index (χ4v) is 4.52. The number of rotatable bonds is 8. The lowest BCUT2D eigenvalue weighted by molar-refractivity contribution is 0.0173. The highest BCUT2D eigenvalue weighted by atomic mass is 35.5. The molecule has 0 atom stereocenters. The van der Waals surface area contributed by atoms with E-state index in [-0.39, 0.29) is 5.60 Å². The van der Waals surface area contributed by atoms with Gasteiger partial charge in [0.2, 0.25) is 0 Å². The summed E-state index contributed by atoms with van der Waals surface area (Å²) in [6.07, 6.45) is 11.0. The van der Waals surface area contributed by atoms with Gasteiger partial charge in [-0.2, -0.15) is 0 Å². The van der Waals surface area contributed by atoms with Gasteiger partial charge in [0.1, 0.15) is 5.75 Å². The van der Waals surface area contributed by atoms with Crippen LogP contribution in [0.4, 0.5) is 0 Å². The fraction of sp³-hybridized carbons (Fsp3) is 0.370. The number of hydrogen-bond acceptors (Lipinski definition) is 3. The first-order valence-corrected chi connectivity index (χ1v) is 11.7. The molecule has 3 nitrogen and oxygen atoms in total. The molecule has 3 saturated carbocycles. The number of hydrogen-bond donors (Lipinski definition) is 0. The zero-order valence-electron chi connectivity index (χ0n) is 17.5. The number of nitrogens with zero attached hydrogens (tertiary/aromatic N) is 1. The zero-order valence-corrected chi connectivity index (χ0v) is 18.3. The van der Waals surface area contributed by atoms with Crippen molar-refractivity contribution in [3.63, 3.8) is 0 Å². The van der Waals surface area contributed by atoms with E-state index in [4.69, 9.17) is 21.1 Å². The standard InChI is InChI=1S/C27H26ClNO2/c28-25-10-7-19(18-5-6-18)15-20(25)17-30-27(12-13-27)24-16-29-14-11-22(24)23-3-1-2-4-26(23)31-21-8-9-21/h1-4,7,10-11,14-16,18,21H,5-6,8-9,12-13,17H2. The highest BCUT2D eigenvalue weighted by Gasteiger charge is 2.47. The SMILES string of the molecule is Clc1ccc(C2CC2)cc1COC1(c2cnccc2-c2ccccc2OC2CC2)CC1. The molecule has 2 aromatic carbocycles. The number of ether oxygens (including phenoxy) is 2. The number of pyridine rings is 1. The molecule has 6 rings (SSSR count). The van der Waals surface area contributed by atoms with Crippen molar-refractivity contribution in [2.75, 3.05) is 0 Å². The van der Waals surface area contributed by atoms with Crippen molar-refractivity contribution in [1.29, 1.82) is 0 Å². The van der Waals surface area contributed by atoms with Crippen molar-refractivity contribution < 1.29 is 9.47 Å². The van der Waals surface area contributed by atoms with E-state index in [1.54, 1.807) is 0 Å². The van der Waals surface area contributed by atoms with Crippen LogP contribution in [0.1, 0.15) is 61.1 Å². The smallest absolute Gasteiger partial charge is 0.127 e. The lowest BCUT2D eigenvalue weighted by Gasteiger charge is -2.22. The van der Waals surface area contributed by atoms with Gasteiger partial charge in [-0.1, -0.05) is 41.9 Å². The van der Waals surface area contributed by atoms with Crippen LogP contribution in [0.25, 0.3) is 11.1 Å². The van der Waals surface area contributed by atoms with Gasteiger partial charge in [0, 0.05) is 28.5 Å². The Morgan fingerprint density at radius 1 is 0.968 bits per heavy atom. The first-order chi connectivity index (χ1) is 15.2. The fourth-order valence-electron chi connectivity index (χ4n) is 4.35. The zero-order chi connectivity index (χ0) is 20.8. The summed E-state index contributed by atoms with van der Waals surface area (Å²) in [4.78, 5) is 4.45. The van der Waals surface area contributed by atoms with Gasteiger partial charge >= 0.3 is 0 Å². The molecule has 0 aliphatic heterocycles. The highest BCUT2D eigenvalue weighted by Crippen LogP contribution is 2.53. The molecule has 31 heavy (non-hydrogen) atoms. The topological polar surface area (TPSA) is 31.4 Å². The van der Waals surface area contributed by atoms with E-state index in [0.29, 0.717) is 18.6 Å². The second-order valence-electron chi connectivity index (χ2n) is 9.14. The lowest BCUT2D eigenvalue weighted by Crippen LogP contribution is -2.14. The maximum Gasteiger partial charge on any atom is 0.127 e. The first-order valence-electron chi connectivity index (χ1n) is 11.3. The van der Waals surface area contributed by atoms with Crippen molar-refractivity contribution >= 4 is 11.6 Å². The molecule has 0 spiro atoms. The average Bonchev–Trinajstić information content (AvgIpc) is 3.65. The molecule has 0 N–H and O–H groups in total. The van der Waals surface area contributed by atoms with Crippen LogP contribution in [0.15, 0.2) is 60.9 Å². The van der Waals surface area contributed by atoms with E-state index in [9.17, 15) is 0 Å². The van der Waals surface area contributed by atoms with E-state index in [0.717, 1.165) is 58.7 Å². The van der Waals surface area contributed by atoms with Gasteiger partial charge < -0.3 is 9.47 Å². The predicted octanol–water partition coefficient (Wildman–Crippen LogP) is 7.03. The Kier molecular flexibility index (Phi) is 4.77. The monoisotopic (exact) mass is 431 g/mol. The van der Waals surface area contributed by atoms with Gasteiger partial charge in [-0.05, 0) is 79.3 Å². The number of halogens is 1. The van der Waals surface area contributed by atoms with Crippen LogP contribution >= 0.6 is 11.6 Å². The van der Waals surface area contributed by atoms with Crippen LogP contribution in [0.5, 0.6) is 5.75 Å². The van der Waals surface area contributed by atoms with Crippen LogP contribution in [0.3, 0.4) is 0 Å². The minimum Gasteiger partial charge on any atom is -0.490 e.